The molecule has 3 unspecified atom stereocenters. The zero-order valence-corrected chi connectivity index (χ0v) is 12.6. The van der Waals surface area contributed by atoms with E-state index in [1.807, 2.05) is 0 Å². The molecule has 0 aliphatic heterocycles. The molecular formula is C17H30O. The van der Waals surface area contributed by atoms with Crippen LogP contribution in [-0.4, -0.2) is 5.11 Å². The van der Waals surface area contributed by atoms with E-state index >= 15 is 0 Å². The first kappa shape index (κ1) is 15.3. The number of allylic oxidation sites excluding steroid dienone is 3. The molecule has 1 aliphatic carbocycles. The van der Waals surface area contributed by atoms with Crippen molar-refractivity contribution in [1.29, 1.82) is 0 Å². The van der Waals surface area contributed by atoms with Crippen LogP contribution in [0.5, 0.6) is 0 Å². The second kappa shape index (κ2) is 7.01. The summed E-state index contributed by atoms with van der Waals surface area (Å²) < 4.78 is 0. The highest BCUT2D eigenvalue weighted by atomic mass is 16.3. The van der Waals surface area contributed by atoms with Gasteiger partial charge in [-0.2, -0.15) is 0 Å². The Balaban J connectivity index is 2.78. The van der Waals surface area contributed by atoms with Crippen LogP contribution in [0.4, 0.5) is 0 Å². The van der Waals surface area contributed by atoms with Gasteiger partial charge in [-0.3, -0.25) is 0 Å². The van der Waals surface area contributed by atoms with E-state index in [1.54, 1.807) is 0 Å². The molecule has 18 heavy (non-hydrogen) atoms. The monoisotopic (exact) mass is 250 g/mol. The fourth-order valence-corrected chi connectivity index (χ4v) is 2.95. The minimum Gasteiger partial charge on any atom is -0.513 e. The molecule has 0 amide bonds. The van der Waals surface area contributed by atoms with Crippen LogP contribution in [0.2, 0.25) is 0 Å². The summed E-state index contributed by atoms with van der Waals surface area (Å²) in [5.41, 5.74) is 1.51. The van der Waals surface area contributed by atoms with Crippen LogP contribution in [0.25, 0.3) is 0 Å². The van der Waals surface area contributed by atoms with Gasteiger partial charge in [-0.15, -0.1) is 0 Å². The van der Waals surface area contributed by atoms with Crippen LogP contribution in [0.15, 0.2) is 24.0 Å². The van der Waals surface area contributed by atoms with E-state index in [-0.39, 0.29) is 5.92 Å². The van der Waals surface area contributed by atoms with Gasteiger partial charge >= 0.3 is 0 Å². The molecule has 0 bridgehead atoms. The molecule has 0 fully saturated rings. The third-order valence-electron chi connectivity index (χ3n) is 4.90. The van der Waals surface area contributed by atoms with E-state index in [0.29, 0.717) is 11.7 Å². The van der Waals surface area contributed by atoms with Gasteiger partial charge in [0.25, 0.3) is 0 Å². The minimum atomic E-state index is 0.229. The van der Waals surface area contributed by atoms with Gasteiger partial charge in [0.1, 0.15) is 0 Å². The molecule has 1 heteroatoms. The van der Waals surface area contributed by atoms with Gasteiger partial charge in [-0.05, 0) is 56.8 Å². The molecular weight excluding hydrogens is 220 g/mol. The minimum absolute atomic E-state index is 0.229. The van der Waals surface area contributed by atoms with E-state index in [0.717, 1.165) is 11.8 Å². The highest BCUT2D eigenvalue weighted by molar-refractivity contribution is 5.00. The number of hydrogen-bond donors (Lipinski definition) is 1. The fraction of sp³-hybridized carbons (Fsp3) is 0.765. The first-order chi connectivity index (χ1) is 8.41. The number of aliphatic hydroxyl groups excluding tert-OH is 1. The van der Waals surface area contributed by atoms with Gasteiger partial charge in [0, 0.05) is 5.92 Å². The topological polar surface area (TPSA) is 20.2 Å². The molecule has 0 saturated heterocycles. The predicted octanol–water partition coefficient (Wildman–Crippen LogP) is 5.49. The van der Waals surface area contributed by atoms with Crippen LogP contribution in [0.1, 0.15) is 59.8 Å². The molecule has 1 nitrogen and oxygen atoms in total. The van der Waals surface area contributed by atoms with Crippen molar-refractivity contribution in [1.82, 2.24) is 0 Å². The largest absolute Gasteiger partial charge is 0.513 e. The molecule has 0 radical (unpaired) electrons. The first-order valence-electron chi connectivity index (χ1n) is 7.45. The van der Waals surface area contributed by atoms with Crippen molar-refractivity contribution in [3.8, 4) is 0 Å². The third kappa shape index (κ3) is 4.51. The maximum atomic E-state index is 9.67. The van der Waals surface area contributed by atoms with E-state index in [4.69, 9.17) is 0 Å². The molecule has 1 N–H and O–H groups in total. The van der Waals surface area contributed by atoms with Crippen molar-refractivity contribution in [2.45, 2.75) is 59.8 Å². The molecule has 1 rings (SSSR count). The summed E-state index contributed by atoms with van der Waals surface area (Å²) in [7, 11) is 0. The standard InChI is InChI=1S/C17H30O/c1-12-7-6-8-13(2)14(3)11-17(10-9-12)15(4)16(5)18/h7,13-15,17-18H,5-6,8-11H2,1-4H3/b12-7+/t13?,14?,15-,17?/m1/s1. The van der Waals surface area contributed by atoms with Crippen LogP contribution >= 0.6 is 0 Å². The van der Waals surface area contributed by atoms with Crippen molar-refractivity contribution in [2.75, 3.05) is 0 Å². The summed E-state index contributed by atoms with van der Waals surface area (Å²) in [6.45, 7) is 12.8. The lowest BCUT2D eigenvalue weighted by Gasteiger charge is -2.30. The van der Waals surface area contributed by atoms with Crippen LogP contribution in [0.3, 0.4) is 0 Å². The number of hydrogen-bond acceptors (Lipinski definition) is 1. The first-order valence-corrected chi connectivity index (χ1v) is 7.45. The SMILES string of the molecule is C=C(O)[C@@H](C)C1CC/C(C)=C/CCC(C)C(C)C1. The quantitative estimate of drug-likeness (QED) is 0.507. The van der Waals surface area contributed by atoms with Gasteiger partial charge in [0.15, 0.2) is 0 Å². The second-order valence-electron chi connectivity index (χ2n) is 6.40. The molecule has 0 heterocycles. The molecule has 104 valence electrons. The van der Waals surface area contributed by atoms with Crippen molar-refractivity contribution in [3.63, 3.8) is 0 Å². The maximum absolute atomic E-state index is 9.67. The maximum Gasteiger partial charge on any atom is 0.0881 e. The number of aliphatic hydroxyl groups is 1. The van der Waals surface area contributed by atoms with E-state index < -0.39 is 0 Å². The van der Waals surface area contributed by atoms with E-state index in [2.05, 4.69) is 40.3 Å². The molecule has 0 saturated carbocycles. The van der Waals surface area contributed by atoms with Gasteiger partial charge in [0.2, 0.25) is 0 Å². The summed E-state index contributed by atoms with van der Waals surface area (Å²) in [5.74, 6) is 2.67. The summed E-state index contributed by atoms with van der Waals surface area (Å²) in [6.07, 6.45) is 8.49. The van der Waals surface area contributed by atoms with Crippen molar-refractivity contribution in [2.24, 2.45) is 23.7 Å². The van der Waals surface area contributed by atoms with Gasteiger partial charge in [-0.1, -0.05) is 39.0 Å². The molecule has 0 aromatic rings. The highest BCUT2D eigenvalue weighted by Crippen LogP contribution is 2.34. The van der Waals surface area contributed by atoms with E-state index in [9.17, 15) is 5.11 Å². The molecule has 0 aromatic heterocycles. The molecule has 0 aromatic carbocycles. The lowest BCUT2D eigenvalue weighted by Crippen LogP contribution is -2.20. The van der Waals surface area contributed by atoms with Crippen LogP contribution in [-0.2, 0) is 0 Å². The Morgan fingerprint density at radius 2 is 2.00 bits per heavy atom. The van der Waals surface area contributed by atoms with Crippen molar-refractivity contribution in [3.05, 3.63) is 24.0 Å². The van der Waals surface area contributed by atoms with Gasteiger partial charge in [-0.25, -0.2) is 0 Å². The molecule has 4 atom stereocenters. The Kier molecular flexibility index (Phi) is 5.98. The summed E-state index contributed by atoms with van der Waals surface area (Å²) >= 11 is 0. The highest BCUT2D eigenvalue weighted by Gasteiger charge is 2.24. The third-order valence-corrected chi connectivity index (χ3v) is 4.90. The predicted molar refractivity (Wildman–Crippen MR) is 79.6 cm³/mol. The average molecular weight is 250 g/mol. The Morgan fingerprint density at radius 1 is 1.33 bits per heavy atom. The summed E-state index contributed by atoms with van der Waals surface area (Å²) in [4.78, 5) is 0. The van der Waals surface area contributed by atoms with E-state index in [1.165, 1.54) is 37.7 Å². The Labute approximate surface area is 113 Å². The fourth-order valence-electron chi connectivity index (χ4n) is 2.95. The van der Waals surface area contributed by atoms with Crippen LogP contribution in [0, 0.1) is 23.7 Å². The Hall–Kier alpha value is -0.720. The molecule has 0 spiro atoms. The number of rotatable bonds is 2. The van der Waals surface area contributed by atoms with Gasteiger partial charge < -0.3 is 5.11 Å². The summed E-state index contributed by atoms with van der Waals surface area (Å²) in [5, 5.41) is 9.67. The van der Waals surface area contributed by atoms with Gasteiger partial charge in [0.05, 0.1) is 5.76 Å². The van der Waals surface area contributed by atoms with Crippen molar-refractivity contribution >= 4 is 0 Å². The zero-order chi connectivity index (χ0) is 13.7. The summed E-state index contributed by atoms with van der Waals surface area (Å²) in [6, 6.07) is 0. The lowest BCUT2D eigenvalue weighted by molar-refractivity contribution is 0.207. The average Bonchev–Trinajstić information content (AvgIpc) is 2.32. The smallest absolute Gasteiger partial charge is 0.0881 e. The normalized spacial score (nSPS) is 35.3. The Morgan fingerprint density at radius 3 is 2.61 bits per heavy atom. The van der Waals surface area contributed by atoms with Crippen molar-refractivity contribution < 1.29 is 5.11 Å². The Bertz CT molecular complexity index is 303. The van der Waals surface area contributed by atoms with Crippen LogP contribution < -0.4 is 0 Å². The second-order valence-corrected chi connectivity index (χ2v) is 6.40. The lowest BCUT2D eigenvalue weighted by atomic mass is 9.76. The molecule has 1 aliphatic rings. The zero-order valence-electron chi connectivity index (χ0n) is 12.6.